The predicted molar refractivity (Wildman–Crippen MR) is 114 cm³/mol. The van der Waals surface area contributed by atoms with Crippen LogP contribution in [0.2, 0.25) is 0 Å². The Kier molecular flexibility index (Phi) is 6.83. The van der Waals surface area contributed by atoms with Gasteiger partial charge in [-0.1, -0.05) is 74.5 Å². The van der Waals surface area contributed by atoms with Crippen molar-refractivity contribution in [2.24, 2.45) is 0 Å². The molecular formula is C24H28N2O3. The van der Waals surface area contributed by atoms with Crippen molar-refractivity contribution in [1.29, 1.82) is 0 Å². The Bertz CT molecular complexity index is 874. The normalized spacial score (nSPS) is 18.6. The lowest BCUT2D eigenvalue weighted by molar-refractivity contribution is -0.140. The zero-order valence-electron chi connectivity index (χ0n) is 17.0. The van der Waals surface area contributed by atoms with Crippen LogP contribution < -0.4 is 0 Å². The number of hydrogen-bond donors (Lipinski definition) is 1. The third kappa shape index (κ3) is 4.40. The van der Waals surface area contributed by atoms with Gasteiger partial charge in [0.15, 0.2) is 0 Å². The smallest absolute Gasteiger partial charge is 0.295 e. The average molecular weight is 392 g/mol. The van der Waals surface area contributed by atoms with Crippen LogP contribution in [0.25, 0.3) is 5.76 Å². The standard InChI is InChI=1S/C24H28N2O3/c1-3-25(4-2)16-11-17-26-21(18-12-7-5-8-13-18)20(23(28)24(26)29)22(27)19-14-9-6-10-15-19/h5-10,12-15,21,27H,3-4,11,16-17H2,1-2H3/b22-20+/t21-/m0/s1. The highest BCUT2D eigenvalue weighted by atomic mass is 16.3. The van der Waals surface area contributed by atoms with Gasteiger partial charge in [0, 0.05) is 12.1 Å². The Balaban J connectivity index is 1.98. The molecule has 0 bridgehead atoms. The number of Topliss-reactive ketones (excluding diaryl/α,β-unsaturated/α-hetero) is 1. The van der Waals surface area contributed by atoms with Gasteiger partial charge in [-0.05, 0) is 31.6 Å². The summed E-state index contributed by atoms with van der Waals surface area (Å²) in [4.78, 5) is 29.7. The maximum Gasteiger partial charge on any atom is 0.295 e. The van der Waals surface area contributed by atoms with E-state index in [0.29, 0.717) is 12.1 Å². The second kappa shape index (κ2) is 9.52. The van der Waals surface area contributed by atoms with Gasteiger partial charge in [0.2, 0.25) is 0 Å². The number of carbonyl (C=O) groups excluding carboxylic acids is 2. The molecule has 5 nitrogen and oxygen atoms in total. The number of benzene rings is 2. The van der Waals surface area contributed by atoms with Gasteiger partial charge in [0.05, 0.1) is 11.6 Å². The van der Waals surface area contributed by atoms with Crippen molar-refractivity contribution in [2.45, 2.75) is 26.3 Å². The van der Waals surface area contributed by atoms with Crippen LogP contribution in [0.5, 0.6) is 0 Å². The van der Waals surface area contributed by atoms with Crippen LogP contribution in [-0.2, 0) is 9.59 Å². The Morgan fingerprint density at radius 1 is 0.966 bits per heavy atom. The highest BCUT2D eigenvalue weighted by molar-refractivity contribution is 6.46. The topological polar surface area (TPSA) is 60.9 Å². The van der Waals surface area contributed by atoms with Crippen molar-refractivity contribution in [3.05, 3.63) is 77.4 Å². The molecule has 5 heteroatoms. The van der Waals surface area contributed by atoms with E-state index in [4.69, 9.17) is 0 Å². The molecule has 1 saturated heterocycles. The summed E-state index contributed by atoms with van der Waals surface area (Å²) >= 11 is 0. The summed E-state index contributed by atoms with van der Waals surface area (Å²) in [6, 6.07) is 17.8. The van der Waals surface area contributed by atoms with Crippen LogP contribution in [0.3, 0.4) is 0 Å². The molecule has 1 aliphatic rings. The van der Waals surface area contributed by atoms with Gasteiger partial charge in [-0.15, -0.1) is 0 Å². The molecule has 29 heavy (non-hydrogen) atoms. The number of aliphatic hydroxyl groups excluding tert-OH is 1. The SMILES string of the molecule is CCN(CC)CCCN1C(=O)C(=O)/C(=C(/O)c2ccccc2)[C@@H]1c1ccccc1. The van der Waals surface area contributed by atoms with Gasteiger partial charge < -0.3 is 14.9 Å². The molecular weight excluding hydrogens is 364 g/mol. The first kappa shape index (κ1) is 20.8. The van der Waals surface area contributed by atoms with Crippen molar-refractivity contribution in [3.63, 3.8) is 0 Å². The van der Waals surface area contributed by atoms with E-state index in [1.807, 2.05) is 36.4 Å². The number of amides is 1. The molecule has 1 fully saturated rings. The number of hydrogen-bond acceptors (Lipinski definition) is 4. The van der Waals surface area contributed by atoms with Gasteiger partial charge in [-0.2, -0.15) is 0 Å². The zero-order valence-corrected chi connectivity index (χ0v) is 17.0. The predicted octanol–water partition coefficient (Wildman–Crippen LogP) is 3.84. The van der Waals surface area contributed by atoms with Crippen molar-refractivity contribution in [1.82, 2.24) is 9.80 Å². The number of ketones is 1. The number of aliphatic hydroxyl groups is 1. The van der Waals surface area contributed by atoms with Crippen LogP contribution in [-0.4, -0.2) is 52.8 Å². The lowest BCUT2D eigenvalue weighted by Gasteiger charge is -2.26. The summed E-state index contributed by atoms with van der Waals surface area (Å²) in [5.41, 5.74) is 1.52. The Labute approximate surface area is 172 Å². The number of nitrogens with zero attached hydrogens (tertiary/aromatic N) is 2. The van der Waals surface area contributed by atoms with Gasteiger partial charge in [-0.3, -0.25) is 9.59 Å². The van der Waals surface area contributed by atoms with Crippen molar-refractivity contribution in [3.8, 4) is 0 Å². The lowest BCUT2D eigenvalue weighted by Crippen LogP contribution is -2.33. The molecule has 0 unspecified atom stereocenters. The third-order valence-corrected chi connectivity index (χ3v) is 5.47. The average Bonchev–Trinajstić information content (AvgIpc) is 3.02. The molecule has 1 amide bonds. The second-order valence-corrected chi connectivity index (χ2v) is 7.15. The van der Waals surface area contributed by atoms with E-state index in [2.05, 4.69) is 18.7 Å². The minimum Gasteiger partial charge on any atom is -0.507 e. The summed E-state index contributed by atoms with van der Waals surface area (Å²) in [5, 5.41) is 10.9. The highest BCUT2D eigenvalue weighted by Crippen LogP contribution is 2.39. The third-order valence-electron chi connectivity index (χ3n) is 5.47. The minimum absolute atomic E-state index is 0.121. The van der Waals surface area contributed by atoms with Gasteiger partial charge >= 0.3 is 0 Å². The van der Waals surface area contributed by atoms with Crippen molar-refractivity contribution < 1.29 is 14.7 Å². The first-order valence-corrected chi connectivity index (χ1v) is 10.2. The fourth-order valence-corrected chi connectivity index (χ4v) is 3.85. The zero-order chi connectivity index (χ0) is 20.8. The molecule has 1 N–H and O–H groups in total. The van der Waals surface area contributed by atoms with Crippen molar-refractivity contribution in [2.75, 3.05) is 26.2 Å². The van der Waals surface area contributed by atoms with Crippen LogP contribution >= 0.6 is 0 Å². The largest absolute Gasteiger partial charge is 0.507 e. The van der Waals surface area contributed by atoms with E-state index in [1.54, 1.807) is 29.2 Å². The fraction of sp³-hybridized carbons (Fsp3) is 0.333. The molecule has 1 atom stereocenters. The van der Waals surface area contributed by atoms with Gasteiger partial charge in [0.1, 0.15) is 5.76 Å². The maximum atomic E-state index is 12.9. The van der Waals surface area contributed by atoms with Crippen LogP contribution in [0.1, 0.15) is 37.4 Å². The number of likely N-dealkylation sites (tertiary alicyclic amines) is 1. The summed E-state index contributed by atoms with van der Waals surface area (Å²) in [5.74, 6) is -1.29. The minimum atomic E-state index is -0.622. The van der Waals surface area contributed by atoms with Gasteiger partial charge in [0.25, 0.3) is 11.7 Å². The summed E-state index contributed by atoms with van der Waals surface area (Å²) in [6.45, 7) is 7.44. The van der Waals surface area contributed by atoms with E-state index in [9.17, 15) is 14.7 Å². The maximum absolute atomic E-state index is 12.9. The van der Waals surface area contributed by atoms with Crippen LogP contribution in [0.15, 0.2) is 66.2 Å². The van der Waals surface area contributed by atoms with E-state index in [1.165, 1.54) is 0 Å². The summed E-state index contributed by atoms with van der Waals surface area (Å²) < 4.78 is 0. The fourth-order valence-electron chi connectivity index (χ4n) is 3.85. The summed E-state index contributed by atoms with van der Waals surface area (Å²) in [6.07, 6.45) is 0.767. The molecule has 2 aromatic carbocycles. The second-order valence-electron chi connectivity index (χ2n) is 7.15. The Hall–Kier alpha value is -2.92. The number of rotatable bonds is 8. The molecule has 0 spiro atoms. The summed E-state index contributed by atoms with van der Waals surface area (Å²) in [7, 11) is 0. The molecule has 3 rings (SSSR count). The van der Waals surface area contributed by atoms with Crippen LogP contribution in [0.4, 0.5) is 0 Å². The van der Waals surface area contributed by atoms with E-state index >= 15 is 0 Å². The highest BCUT2D eigenvalue weighted by Gasteiger charge is 2.45. The number of carbonyl (C=O) groups is 2. The van der Waals surface area contributed by atoms with Gasteiger partial charge in [-0.25, -0.2) is 0 Å². The van der Waals surface area contributed by atoms with E-state index in [-0.39, 0.29) is 11.3 Å². The first-order valence-electron chi connectivity index (χ1n) is 10.2. The first-order chi connectivity index (χ1) is 14.1. The molecule has 2 aromatic rings. The molecule has 0 radical (unpaired) electrons. The van der Waals surface area contributed by atoms with E-state index < -0.39 is 17.7 Å². The molecule has 0 aliphatic carbocycles. The van der Waals surface area contributed by atoms with Crippen molar-refractivity contribution >= 4 is 17.4 Å². The Morgan fingerprint density at radius 2 is 1.55 bits per heavy atom. The lowest BCUT2D eigenvalue weighted by atomic mass is 9.95. The Morgan fingerprint density at radius 3 is 2.14 bits per heavy atom. The molecule has 0 aromatic heterocycles. The molecule has 1 aliphatic heterocycles. The molecule has 152 valence electrons. The quantitative estimate of drug-likeness (QED) is 0.421. The van der Waals surface area contributed by atoms with Crippen LogP contribution in [0, 0.1) is 0 Å². The monoisotopic (exact) mass is 392 g/mol. The van der Waals surface area contributed by atoms with E-state index in [0.717, 1.165) is 31.6 Å². The molecule has 1 heterocycles. The molecule has 0 saturated carbocycles.